The number of allylic oxidation sites excluding steroid dienone is 1. The summed E-state index contributed by atoms with van der Waals surface area (Å²) in [7, 11) is 0. The van der Waals surface area contributed by atoms with Crippen LogP contribution in [0.15, 0.2) is 23.3 Å². The van der Waals surface area contributed by atoms with Gasteiger partial charge in [-0.05, 0) is 43.3 Å². The number of Topliss-reactive ketones (excluding diaryl/α,β-unsaturated/α-hetero) is 1. The Morgan fingerprint density at radius 3 is 2.78 bits per heavy atom. The second-order valence-corrected chi connectivity index (χ2v) is 5.92. The van der Waals surface area contributed by atoms with Gasteiger partial charge in [-0.1, -0.05) is 19.1 Å². The predicted molar refractivity (Wildman–Crippen MR) is 70.0 cm³/mol. The number of fused-ring (bicyclic) bond motifs is 1. The third-order valence-electron chi connectivity index (χ3n) is 4.92. The first-order valence-electron chi connectivity index (χ1n) is 6.60. The molecule has 2 N–H and O–H groups in total. The van der Waals surface area contributed by atoms with Gasteiger partial charge in [0, 0.05) is 11.8 Å². The zero-order chi connectivity index (χ0) is 13.5. The molecule has 1 saturated carbocycles. The lowest BCUT2D eigenvalue weighted by Gasteiger charge is -2.46. The topological polar surface area (TPSA) is 57.5 Å². The molecule has 3 unspecified atom stereocenters. The van der Waals surface area contributed by atoms with E-state index in [2.05, 4.69) is 13.5 Å². The van der Waals surface area contributed by atoms with E-state index in [-0.39, 0.29) is 30.1 Å². The summed E-state index contributed by atoms with van der Waals surface area (Å²) in [6, 6.07) is 0. The van der Waals surface area contributed by atoms with Crippen molar-refractivity contribution in [1.82, 2.24) is 0 Å². The van der Waals surface area contributed by atoms with E-state index < -0.39 is 6.10 Å². The van der Waals surface area contributed by atoms with E-state index in [1.165, 1.54) is 0 Å². The number of hydrogen-bond acceptors (Lipinski definition) is 3. The van der Waals surface area contributed by atoms with Crippen molar-refractivity contribution in [3.8, 4) is 0 Å². The Labute approximate surface area is 108 Å². The van der Waals surface area contributed by atoms with Crippen LogP contribution in [0.4, 0.5) is 0 Å². The van der Waals surface area contributed by atoms with Crippen LogP contribution in [0.1, 0.15) is 39.5 Å². The smallest absolute Gasteiger partial charge is 0.161 e. The maximum absolute atomic E-state index is 11.9. The fraction of sp³-hybridized carbons (Fsp3) is 0.667. The monoisotopic (exact) mass is 250 g/mol. The van der Waals surface area contributed by atoms with Crippen molar-refractivity contribution < 1.29 is 15.0 Å². The number of rotatable bonds is 2. The average Bonchev–Trinajstić information content (AvgIpc) is 2.36. The molecule has 18 heavy (non-hydrogen) atoms. The van der Waals surface area contributed by atoms with Gasteiger partial charge in [-0.25, -0.2) is 0 Å². The summed E-state index contributed by atoms with van der Waals surface area (Å²) in [6.07, 6.45) is 2.23. The van der Waals surface area contributed by atoms with Gasteiger partial charge in [-0.3, -0.25) is 4.79 Å². The van der Waals surface area contributed by atoms with Crippen molar-refractivity contribution >= 4 is 5.78 Å². The van der Waals surface area contributed by atoms with Crippen molar-refractivity contribution in [3.05, 3.63) is 23.3 Å². The van der Waals surface area contributed by atoms with Crippen LogP contribution >= 0.6 is 0 Å². The molecule has 0 heterocycles. The summed E-state index contributed by atoms with van der Waals surface area (Å²) in [5.41, 5.74) is 2.48. The van der Waals surface area contributed by atoms with Gasteiger partial charge in [-0.2, -0.15) is 0 Å². The molecule has 3 nitrogen and oxygen atoms in total. The lowest BCUT2D eigenvalue weighted by molar-refractivity contribution is -0.121. The van der Waals surface area contributed by atoms with Gasteiger partial charge in [0.2, 0.25) is 0 Å². The first-order chi connectivity index (χ1) is 8.40. The molecule has 0 bridgehead atoms. The van der Waals surface area contributed by atoms with Crippen LogP contribution in [-0.2, 0) is 4.79 Å². The summed E-state index contributed by atoms with van der Waals surface area (Å²) < 4.78 is 0. The van der Waals surface area contributed by atoms with E-state index in [1.807, 2.05) is 6.92 Å². The molecule has 100 valence electrons. The van der Waals surface area contributed by atoms with Crippen molar-refractivity contribution in [2.75, 3.05) is 6.61 Å². The lowest BCUT2D eigenvalue weighted by atomic mass is 9.59. The molecule has 3 atom stereocenters. The van der Waals surface area contributed by atoms with Crippen LogP contribution < -0.4 is 0 Å². The number of ketones is 1. The zero-order valence-corrected chi connectivity index (χ0v) is 11.2. The van der Waals surface area contributed by atoms with Crippen LogP contribution in [0.25, 0.3) is 0 Å². The normalized spacial score (nSPS) is 36.6. The molecule has 0 radical (unpaired) electrons. The molecule has 0 aromatic heterocycles. The maximum atomic E-state index is 11.9. The number of carbonyl (C=O) groups is 1. The summed E-state index contributed by atoms with van der Waals surface area (Å²) >= 11 is 0. The highest BCUT2D eigenvalue weighted by Gasteiger charge is 2.46. The largest absolute Gasteiger partial charge is 0.392 e. The molecule has 0 spiro atoms. The van der Waals surface area contributed by atoms with Gasteiger partial charge in [0.15, 0.2) is 5.78 Å². The molecule has 3 heteroatoms. The van der Waals surface area contributed by atoms with Gasteiger partial charge >= 0.3 is 0 Å². The van der Waals surface area contributed by atoms with Crippen LogP contribution in [0.2, 0.25) is 0 Å². The van der Waals surface area contributed by atoms with Gasteiger partial charge < -0.3 is 10.2 Å². The number of hydrogen-bond donors (Lipinski definition) is 2. The number of aliphatic hydroxyl groups excluding tert-OH is 2. The molecule has 0 saturated heterocycles. The lowest BCUT2D eigenvalue weighted by Crippen LogP contribution is -2.44. The molecule has 2 rings (SSSR count). The van der Waals surface area contributed by atoms with Gasteiger partial charge in [0.05, 0.1) is 12.7 Å². The quantitative estimate of drug-likeness (QED) is 0.737. The third kappa shape index (κ3) is 1.95. The van der Waals surface area contributed by atoms with E-state index in [0.29, 0.717) is 0 Å². The molecule has 0 aliphatic heterocycles. The summed E-state index contributed by atoms with van der Waals surface area (Å²) in [4.78, 5) is 11.9. The minimum absolute atomic E-state index is 0.00418. The standard InChI is InChI=1S/C15H22O3/c1-9(8-16)11-4-5-15(3)12(6-11)10(2)13(17)7-14(15)18/h11,14,16,18H,1,4-8H2,2-3H3. The molecule has 2 aliphatic rings. The Morgan fingerprint density at radius 2 is 2.17 bits per heavy atom. The third-order valence-corrected chi connectivity index (χ3v) is 4.92. The number of carbonyl (C=O) groups excluding carboxylic acids is 1. The van der Waals surface area contributed by atoms with E-state index in [9.17, 15) is 15.0 Å². The number of aliphatic hydroxyl groups is 2. The van der Waals surface area contributed by atoms with Crippen molar-refractivity contribution in [3.63, 3.8) is 0 Å². The second kappa shape index (κ2) is 4.63. The van der Waals surface area contributed by atoms with E-state index in [4.69, 9.17) is 0 Å². The minimum Gasteiger partial charge on any atom is -0.392 e. The van der Waals surface area contributed by atoms with E-state index >= 15 is 0 Å². The second-order valence-electron chi connectivity index (χ2n) is 5.92. The fourth-order valence-electron chi connectivity index (χ4n) is 3.36. The molecule has 2 aliphatic carbocycles. The Balaban J connectivity index is 2.35. The van der Waals surface area contributed by atoms with Crippen molar-refractivity contribution in [2.24, 2.45) is 11.3 Å². The van der Waals surface area contributed by atoms with Crippen LogP contribution in [0.5, 0.6) is 0 Å². The van der Waals surface area contributed by atoms with Gasteiger partial charge in [0.25, 0.3) is 0 Å². The molecular weight excluding hydrogens is 228 g/mol. The summed E-state index contributed by atoms with van der Waals surface area (Å²) in [5, 5.41) is 19.4. The first-order valence-corrected chi connectivity index (χ1v) is 6.60. The van der Waals surface area contributed by atoms with E-state index in [1.54, 1.807) is 0 Å². The Kier molecular flexibility index (Phi) is 3.47. The molecule has 1 fully saturated rings. The van der Waals surface area contributed by atoms with Crippen LogP contribution in [0.3, 0.4) is 0 Å². The highest BCUT2D eigenvalue weighted by Crippen LogP contribution is 2.51. The molecular formula is C15H22O3. The average molecular weight is 250 g/mol. The summed E-state index contributed by atoms with van der Waals surface area (Å²) in [5.74, 6) is 0.302. The van der Waals surface area contributed by atoms with Crippen molar-refractivity contribution in [1.29, 1.82) is 0 Å². The van der Waals surface area contributed by atoms with Crippen LogP contribution in [-0.4, -0.2) is 28.7 Å². The zero-order valence-electron chi connectivity index (χ0n) is 11.2. The molecule has 0 aromatic rings. The molecule has 0 amide bonds. The SMILES string of the molecule is C=C(CO)C1CCC2(C)C(=C(C)C(=O)CC2O)C1. The molecule has 0 aromatic carbocycles. The fourth-order valence-corrected chi connectivity index (χ4v) is 3.36. The van der Waals surface area contributed by atoms with E-state index in [0.717, 1.165) is 36.0 Å². The Morgan fingerprint density at radius 1 is 1.50 bits per heavy atom. The predicted octanol–water partition coefficient (Wildman–Crippen LogP) is 1.99. The van der Waals surface area contributed by atoms with Crippen molar-refractivity contribution in [2.45, 2.75) is 45.6 Å². The Hall–Kier alpha value is -0.930. The highest BCUT2D eigenvalue weighted by atomic mass is 16.3. The van der Waals surface area contributed by atoms with Gasteiger partial charge in [0.1, 0.15) is 0 Å². The highest BCUT2D eigenvalue weighted by molar-refractivity contribution is 5.97. The Bertz CT molecular complexity index is 421. The maximum Gasteiger partial charge on any atom is 0.161 e. The summed E-state index contributed by atoms with van der Waals surface area (Å²) in [6.45, 7) is 7.83. The minimum atomic E-state index is -0.563. The first kappa shape index (κ1) is 13.5. The van der Waals surface area contributed by atoms with Crippen LogP contribution in [0, 0.1) is 11.3 Å². The van der Waals surface area contributed by atoms with Gasteiger partial charge in [-0.15, -0.1) is 0 Å².